The van der Waals surface area contributed by atoms with Crippen LogP contribution in [0, 0.1) is 5.92 Å². The Labute approximate surface area is 150 Å². The number of nitrogens with zero attached hydrogens (tertiary/aromatic N) is 2. The SMILES string of the molecule is CCC(C)C(N)C(=O)N1CCN(Cc2cc(OC)cc(OC)c2)CC1. The largest absolute Gasteiger partial charge is 0.497 e. The molecule has 0 bridgehead atoms. The van der Waals surface area contributed by atoms with Crippen LogP contribution in [0.3, 0.4) is 0 Å². The number of amides is 1. The van der Waals surface area contributed by atoms with Crippen LogP contribution in [0.15, 0.2) is 18.2 Å². The topological polar surface area (TPSA) is 68.0 Å². The molecule has 2 N–H and O–H groups in total. The number of carbonyl (C=O) groups excluding carboxylic acids is 1. The lowest BCUT2D eigenvalue weighted by molar-refractivity contribution is -0.135. The van der Waals surface area contributed by atoms with Crippen molar-refractivity contribution in [1.82, 2.24) is 9.80 Å². The first kappa shape index (κ1) is 19.5. The molecule has 140 valence electrons. The number of hydrogen-bond acceptors (Lipinski definition) is 5. The van der Waals surface area contributed by atoms with Gasteiger partial charge in [0.25, 0.3) is 0 Å². The highest BCUT2D eigenvalue weighted by molar-refractivity contribution is 5.82. The van der Waals surface area contributed by atoms with Gasteiger partial charge in [0, 0.05) is 38.8 Å². The molecule has 1 heterocycles. The summed E-state index contributed by atoms with van der Waals surface area (Å²) in [6, 6.07) is 5.54. The Morgan fingerprint density at radius 3 is 2.16 bits per heavy atom. The monoisotopic (exact) mass is 349 g/mol. The maximum Gasteiger partial charge on any atom is 0.239 e. The minimum atomic E-state index is -0.390. The fourth-order valence-corrected chi connectivity index (χ4v) is 3.05. The molecule has 1 amide bonds. The quantitative estimate of drug-likeness (QED) is 0.812. The lowest BCUT2D eigenvalue weighted by atomic mass is 9.98. The van der Waals surface area contributed by atoms with E-state index in [4.69, 9.17) is 15.2 Å². The number of rotatable bonds is 7. The van der Waals surface area contributed by atoms with Gasteiger partial charge < -0.3 is 20.1 Å². The number of nitrogens with two attached hydrogens (primary N) is 1. The van der Waals surface area contributed by atoms with Crippen molar-refractivity contribution >= 4 is 5.91 Å². The zero-order valence-corrected chi connectivity index (χ0v) is 15.8. The molecule has 1 aromatic carbocycles. The Hall–Kier alpha value is -1.79. The van der Waals surface area contributed by atoms with Crippen molar-refractivity contribution in [3.05, 3.63) is 23.8 Å². The number of benzene rings is 1. The number of hydrogen-bond donors (Lipinski definition) is 1. The Balaban J connectivity index is 1.91. The molecule has 1 saturated heterocycles. The molecule has 0 saturated carbocycles. The van der Waals surface area contributed by atoms with E-state index in [-0.39, 0.29) is 17.9 Å². The number of ether oxygens (including phenoxy) is 2. The first-order chi connectivity index (χ1) is 12.0. The average Bonchev–Trinajstić information content (AvgIpc) is 2.66. The van der Waals surface area contributed by atoms with Crippen LogP contribution in [0.2, 0.25) is 0 Å². The van der Waals surface area contributed by atoms with Crippen molar-refractivity contribution in [3.8, 4) is 11.5 Å². The smallest absolute Gasteiger partial charge is 0.239 e. The van der Waals surface area contributed by atoms with Crippen molar-refractivity contribution in [2.45, 2.75) is 32.9 Å². The second-order valence-corrected chi connectivity index (χ2v) is 6.73. The Morgan fingerprint density at radius 2 is 1.68 bits per heavy atom. The first-order valence-electron chi connectivity index (χ1n) is 8.97. The van der Waals surface area contributed by atoms with E-state index >= 15 is 0 Å². The predicted octanol–water partition coefficient (Wildman–Crippen LogP) is 1.72. The molecule has 1 aliphatic rings. The minimum absolute atomic E-state index is 0.0806. The van der Waals surface area contributed by atoms with Gasteiger partial charge in [-0.2, -0.15) is 0 Å². The summed E-state index contributed by atoms with van der Waals surface area (Å²) in [7, 11) is 3.31. The van der Waals surface area contributed by atoms with E-state index in [2.05, 4.69) is 11.8 Å². The van der Waals surface area contributed by atoms with Crippen molar-refractivity contribution in [3.63, 3.8) is 0 Å². The maximum absolute atomic E-state index is 12.5. The number of methoxy groups -OCH3 is 2. The molecule has 1 aromatic rings. The summed E-state index contributed by atoms with van der Waals surface area (Å²) in [4.78, 5) is 16.7. The van der Waals surface area contributed by atoms with Crippen LogP contribution in [0.5, 0.6) is 11.5 Å². The first-order valence-corrected chi connectivity index (χ1v) is 8.97. The van der Waals surface area contributed by atoms with Crippen molar-refractivity contribution in [1.29, 1.82) is 0 Å². The molecule has 2 atom stereocenters. The van der Waals surface area contributed by atoms with Gasteiger partial charge >= 0.3 is 0 Å². The summed E-state index contributed by atoms with van der Waals surface area (Å²) < 4.78 is 10.7. The molecule has 0 aliphatic carbocycles. The van der Waals surface area contributed by atoms with Crippen LogP contribution < -0.4 is 15.2 Å². The fourth-order valence-electron chi connectivity index (χ4n) is 3.05. The van der Waals surface area contributed by atoms with Crippen molar-refractivity contribution in [2.75, 3.05) is 40.4 Å². The van der Waals surface area contributed by atoms with Gasteiger partial charge in [0.05, 0.1) is 20.3 Å². The summed E-state index contributed by atoms with van der Waals surface area (Å²) in [5, 5.41) is 0. The molecule has 0 spiro atoms. The van der Waals surface area contributed by atoms with E-state index in [1.165, 1.54) is 0 Å². The van der Waals surface area contributed by atoms with Gasteiger partial charge in [-0.15, -0.1) is 0 Å². The normalized spacial score (nSPS) is 17.9. The van der Waals surface area contributed by atoms with Gasteiger partial charge in [-0.25, -0.2) is 0 Å². The fraction of sp³-hybridized carbons (Fsp3) is 0.632. The summed E-state index contributed by atoms with van der Waals surface area (Å²) in [5.41, 5.74) is 7.24. The molecule has 6 heteroatoms. The van der Waals surface area contributed by atoms with Crippen LogP contribution in [0.1, 0.15) is 25.8 Å². The zero-order chi connectivity index (χ0) is 18.4. The van der Waals surface area contributed by atoms with Gasteiger partial charge in [0.1, 0.15) is 11.5 Å². The van der Waals surface area contributed by atoms with Crippen molar-refractivity contribution in [2.24, 2.45) is 11.7 Å². The molecule has 1 aliphatic heterocycles. The predicted molar refractivity (Wildman–Crippen MR) is 98.8 cm³/mol. The van der Waals surface area contributed by atoms with Gasteiger partial charge in [-0.1, -0.05) is 20.3 Å². The highest BCUT2D eigenvalue weighted by Crippen LogP contribution is 2.23. The molecule has 2 rings (SSSR count). The molecule has 25 heavy (non-hydrogen) atoms. The number of carbonyl (C=O) groups is 1. The molecular formula is C19H31N3O3. The average molecular weight is 349 g/mol. The molecule has 2 unspecified atom stereocenters. The summed E-state index contributed by atoms with van der Waals surface area (Å²) in [5.74, 6) is 1.89. The second-order valence-electron chi connectivity index (χ2n) is 6.73. The van der Waals surface area contributed by atoms with E-state index in [1.807, 2.05) is 30.0 Å². The second kappa shape index (κ2) is 9.06. The lowest BCUT2D eigenvalue weighted by Crippen LogP contribution is -2.54. The minimum Gasteiger partial charge on any atom is -0.497 e. The van der Waals surface area contributed by atoms with E-state index in [9.17, 15) is 4.79 Å². The van der Waals surface area contributed by atoms with Gasteiger partial charge in [0.15, 0.2) is 0 Å². The Kier molecular flexibility index (Phi) is 7.08. The third kappa shape index (κ3) is 5.09. The van der Waals surface area contributed by atoms with Crippen LogP contribution in [0.4, 0.5) is 0 Å². The number of piperazine rings is 1. The Morgan fingerprint density at radius 1 is 1.12 bits per heavy atom. The molecule has 0 aromatic heterocycles. The van der Waals surface area contributed by atoms with E-state index in [1.54, 1.807) is 14.2 Å². The summed E-state index contributed by atoms with van der Waals surface area (Å²) in [6.07, 6.45) is 0.921. The van der Waals surface area contributed by atoms with E-state index < -0.39 is 0 Å². The summed E-state index contributed by atoms with van der Waals surface area (Å²) >= 11 is 0. The third-order valence-electron chi connectivity index (χ3n) is 5.04. The highest BCUT2D eigenvalue weighted by Gasteiger charge is 2.27. The van der Waals surface area contributed by atoms with E-state index in [0.29, 0.717) is 0 Å². The highest BCUT2D eigenvalue weighted by atomic mass is 16.5. The molecule has 6 nitrogen and oxygen atoms in total. The van der Waals surface area contributed by atoms with Gasteiger partial charge in [-0.3, -0.25) is 9.69 Å². The molecular weight excluding hydrogens is 318 g/mol. The van der Waals surface area contributed by atoms with E-state index in [0.717, 1.165) is 56.2 Å². The van der Waals surface area contributed by atoms with Crippen LogP contribution in [-0.4, -0.2) is 62.1 Å². The van der Waals surface area contributed by atoms with Crippen LogP contribution in [-0.2, 0) is 11.3 Å². The van der Waals surface area contributed by atoms with Gasteiger partial charge in [0.2, 0.25) is 5.91 Å². The lowest BCUT2D eigenvalue weighted by Gasteiger charge is -2.36. The Bertz CT molecular complexity index is 549. The summed E-state index contributed by atoms with van der Waals surface area (Å²) in [6.45, 7) is 8.06. The van der Waals surface area contributed by atoms with Crippen LogP contribution in [0.25, 0.3) is 0 Å². The third-order valence-corrected chi connectivity index (χ3v) is 5.04. The van der Waals surface area contributed by atoms with Crippen molar-refractivity contribution < 1.29 is 14.3 Å². The zero-order valence-electron chi connectivity index (χ0n) is 15.8. The maximum atomic E-state index is 12.5. The van der Waals surface area contributed by atoms with Crippen LogP contribution >= 0.6 is 0 Å². The molecule has 1 fully saturated rings. The molecule has 0 radical (unpaired) electrons. The van der Waals surface area contributed by atoms with Gasteiger partial charge in [-0.05, 0) is 23.6 Å². The standard InChI is InChI=1S/C19H31N3O3/c1-5-14(2)18(20)19(23)22-8-6-21(7-9-22)13-15-10-16(24-3)12-17(11-15)25-4/h10-12,14,18H,5-9,13,20H2,1-4H3.